The molecule has 19 heavy (non-hydrogen) atoms. The van der Waals surface area contributed by atoms with Gasteiger partial charge in [0.2, 0.25) is 5.91 Å². The molecule has 1 heterocycles. The van der Waals surface area contributed by atoms with Crippen LogP contribution in [0.1, 0.15) is 10.4 Å². The highest BCUT2D eigenvalue weighted by atomic mass is 32.1. The molecule has 4 N–H and O–H groups in total. The number of anilines is 1. The van der Waals surface area contributed by atoms with Crippen molar-refractivity contribution in [3.05, 3.63) is 52.2 Å². The largest absolute Gasteiger partial charge is 0.399 e. The summed E-state index contributed by atoms with van der Waals surface area (Å²) in [5.41, 5.74) is 12.9. The van der Waals surface area contributed by atoms with E-state index in [0.29, 0.717) is 6.54 Å². The number of amides is 1. The Hall–Kier alpha value is -1.85. The number of nitrogens with zero attached hydrogens (tertiary/aromatic N) is 1. The molecular formula is C14H17N3OS. The zero-order chi connectivity index (χ0) is 13.7. The first-order valence-electron chi connectivity index (χ1n) is 6.01. The minimum absolute atomic E-state index is 0.243. The predicted molar refractivity (Wildman–Crippen MR) is 78.5 cm³/mol. The summed E-state index contributed by atoms with van der Waals surface area (Å²) in [6.07, 6.45) is 0. The van der Waals surface area contributed by atoms with Crippen molar-refractivity contribution in [3.8, 4) is 0 Å². The van der Waals surface area contributed by atoms with Crippen LogP contribution in [0.25, 0.3) is 0 Å². The molecule has 0 radical (unpaired) electrons. The van der Waals surface area contributed by atoms with Gasteiger partial charge in [-0.15, -0.1) is 11.3 Å². The van der Waals surface area contributed by atoms with Gasteiger partial charge in [-0.25, -0.2) is 0 Å². The number of hydrogen-bond acceptors (Lipinski definition) is 4. The topological polar surface area (TPSA) is 72.4 Å². The Labute approximate surface area is 116 Å². The van der Waals surface area contributed by atoms with Crippen LogP contribution >= 0.6 is 11.3 Å². The maximum atomic E-state index is 11.2. The van der Waals surface area contributed by atoms with Crippen molar-refractivity contribution in [2.45, 2.75) is 13.1 Å². The van der Waals surface area contributed by atoms with Crippen LogP contribution in [0.4, 0.5) is 5.69 Å². The number of rotatable bonds is 6. The monoisotopic (exact) mass is 275 g/mol. The molecule has 2 aromatic rings. The number of thiophene rings is 1. The van der Waals surface area contributed by atoms with Crippen LogP contribution in [-0.4, -0.2) is 17.4 Å². The highest BCUT2D eigenvalue weighted by Gasteiger charge is 2.10. The molecule has 0 fully saturated rings. The van der Waals surface area contributed by atoms with Crippen LogP contribution < -0.4 is 11.5 Å². The Morgan fingerprint density at radius 3 is 2.68 bits per heavy atom. The van der Waals surface area contributed by atoms with E-state index in [-0.39, 0.29) is 12.5 Å². The molecule has 1 aromatic heterocycles. The lowest BCUT2D eigenvalue weighted by atomic mass is 10.2. The molecular weight excluding hydrogens is 258 g/mol. The highest BCUT2D eigenvalue weighted by molar-refractivity contribution is 7.09. The van der Waals surface area contributed by atoms with Crippen molar-refractivity contribution < 1.29 is 4.79 Å². The number of nitrogen functional groups attached to an aromatic ring is 1. The fourth-order valence-corrected chi connectivity index (χ4v) is 2.71. The summed E-state index contributed by atoms with van der Waals surface area (Å²) < 4.78 is 0. The van der Waals surface area contributed by atoms with Crippen LogP contribution in [0.3, 0.4) is 0 Å². The lowest BCUT2D eigenvalue weighted by molar-refractivity contribution is -0.119. The predicted octanol–water partition coefficient (Wildman–Crippen LogP) is 1.82. The van der Waals surface area contributed by atoms with Gasteiger partial charge in [0, 0.05) is 23.7 Å². The summed E-state index contributed by atoms with van der Waals surface area (Å²) in [7, 11) is 0. The molecule has 0 aliphatic carbocycles. The number of benzene rings is 1. The van der Waals surface area contributed by atoms with Gasteiger partial charge in [0.15, 0.2) is 0 Å². The molecule has 0 bridgehead atoms. The summed E-state index contributed by atoms with van der Waals surface area (Å²) in [6, 6.07) is 11.7. The Balaban J connectivity index is 2.07. The summed E-state index contributed by atoms with van der Waals surface area (Å²) in [5.74, 6) is -0.319. The molecule has 2 rings (SSSR count). The summed E-state index contributed by atoms with van der Waals surface area (Å²) in [5, 5.41) is 2.03. The number of carbonyl (C=O) groups excluding carboxylic acids is 1. The molecule has 4 nitrogen and oxygen atoms in total. The van der Waals surface area contributed by atoms with E-state index in [0.717, 1.165) is 17.8 Å². The van der Waals surface area contributed by atoms with Crippen molar-refractivity contribution in [2.75, 3.05) is 12.3 Å². The maximum absolute atomic E-state index is 11.2. The average Bonchev–Trinajstić information content (AvgIpc) is 2.80. The smallest absolute Gasteiger partial charge is 0.231 e. The van der Waals surface area contributed by atoms with E-state index < -0.39 is 0 Å². The summed E-state index contributed by atoms with van der Waals surface area (Å²) in [6.45, 7) is 1.62. The van der Waals surface area contributed by atoms with Gasteiger partial charge in [0.25, 0.3) is 0 Å². The normalized spacial score (nSPS) is 10.8. The third kappa shape index (κ3) is 4.39. The standard InChI is InChI=1S/C14H17N3OS/c15-12-4-1-3-11(7-12)8-17(10-14(16)18)9-13-5-2-6-19-13/h1-7H,8-10,15H2,(H2,16,18). The second-order valence-electron chi connectivity index (χ2n) is 4.44. The number of nitrogens with two attached hydrogens (primary N) is 2. The Morgan fingerprint density at radius 1 is 1.21 bits per heavy atom. The van der Waals surface area contributed by atoms with Gasteiger partial charge in [0.05, 0.1) is 6.54 Å². The Kier molecular flexibility index (Phi) is 4.54. The van der Waals surface area contributed by atoms with E-state index >= 15 is 0 Å². The zero-order valence-corrected chi connectivity index (χ0v) is 11.4. The minimum Gasteiger partial charge on any atom is -0.399 e. The number of carbonyl (C=O) groups is 1. The summed E-state index contributed by atoms with van der Waals surface area (Å²) >= 11 is 1.67. The van der Waals surface area contributed by atoms with Gasteiger partial charge >= 0.3 is 0 Å². The van der Waals surface area contributed by atoms with Crippen molar-refractivity contribution in [3.63, 3.8) is 0 Å². The first-order chi connectivity index (χ1) is 9.13. The molecule has 100 valence electrons. The van der Waals surface area contributed by atoms with Crippen LogP contribution in [0.2, 0.25) is 0 Å². The van der Waals surface area contributed by atoms with Gasteiger partial charge in [-0.05, 0) is 29.1 Å². The van der Waals surface area contributed by atoms with E-state index in [2.05, 4.69) is 6.07 Å². The molecule has 0 aliphatic rings. The third-order valence-electron chi connectivity index (χ3n) is 2.70. The van der Waals surface area contributed by atoms with Crippen LogP contribution in [0.5, 0.6) is 0 Å². The molecule has 1 amide bonds. The van der Waals surface area contributed by atoms with E-state index in [9.17, 15) is 4.79 Å². The highest BCUT2D eigenvalue weighted by Crippen LogP contribution is 2.15. The molecule has 0 atom stereocenters. The van der Waals surface area contributed by atoms with Gasteiger partial charge in [-0.3, -0.25) is 9.69 Å². The molecule has 0 saturated heterocycles. The Morgan fingerprint density at radius 2 is 2.05 bits per heavy atom. The van der Waals surface area contributed by atoms with E-state index in [4.69, 9.17) is 11.5 Å². The van der Waals surface area contributed by atoms with Gasteiger partial charge in [-0.1, -0.05) is 18.2 Å². The fraction of sp³-hybridized carbons (Fsp3) is 0.214. The van der Waals surface area contributed by atoms with Crippen molar-refractivity contribution in [2.24, 2.45) is 5.73 Å². The Bertz CT molecular complexity index is 539. The quantitative estimate of drug-likeness (QED) is 0.790. The van der Waals surface area contributed by atoms with Gasteiger partial charge < -0.3 is 11.5 Å². The van der Waals surface area contributed by atoms with Crippen LogP contribution in [0, 0.1) is 0 Å². The zero-order valence-electron chi connectivity index (χ0n) is 10.6. The average molecular weight is 275 g/mol. The second kappa shape index (κ2) is 6.36. The van der Waals surface area contributed by atoms with Crippen molar-refractivity contribution in [1.82, 2.24) is 4.90 Å². The molecule has 5 heteroatoms. The minimum atomic E-state index is -0.319. The van der Waals surface area contributed by atoms with E-state index in [1.807, 2.05) is 40.6 Å². The third-order valence-corrected chi connectivity index (χ3v) is 3.56. The summed E-state index contributed by atoms with van der Waals surface area (Å²) in [4.78, 5) is 14.4. The first-order valence-corrected chi connectivity index (χ1v) is 6.89. The van der Waals surface area contributed by atoms with Crippen LogP contribution in [0.15, 0.2) is 41.8 Å². The number of hydrogen-bond donors (Lipinski definition) is 2. The molecule has 0 unspecified atom stereocenters. The molecule has 0 aliphatic heterocycles. The number of primary amides is 1. The second-order valence-corrected chi connectivity index (χ2v) is 5.47. The maximum Gasteiger partial charge on any atom is 0.231 e. The van der Waals surface area contributed by atoms with E-state index in [1.54, 1.807) is 11.3 Å². The SMILES string of the molecule is NC(=O)CN(Cc1cccc(N)c1)Cc1cccs1. The van der Waals surface area contributed by atoms with Crippen molar-refractivity contribution >= 4 is 22.9 Å². The first kappa shape index (κ1) is 13.6. The molecule has 0 saturated carbocycles. The fourth-order valence-electron chi connectivity index (χ4n) is 1.96. The molecule has 0 spiro atoms. The van der Waals surface area contributed by atoms with Crippen LogP contribution in [-0.2, 0) is 17.9 Å². The van der Waals surface area contributed by atoms with Gasteiger partial charge in [0.1, 0.15) is 0 Å². The lowest BCUT2D eigenvalue weighted by Gasteiger charge is -2.20. The molecule has 1 aromatic carbocycles. The van der Waals surface area contributed by atoms with Gasteiger partial charge in [-0.2, -0.15) is 0 Å². The lowest BCUT2D eigenvalue weighted by Crippen LogP contribution is -2.32. The van der Waals surface area contributed by atoms with Crippen molar-refractivity contribution in [1.29, 1.82) is 0 Å². The van der Waals surface area contributed by atoms with E-state index in [1.165, 1.54) is 4.88 Å².